The molecule has 0 amide bonds. The molecule has 0 atom stereocenters. The SMILES string of the molecule is O.O.O.O.O.O=C=C1CN=NN1. The summed E-state index contributed by atoms with van der Waals surface area (Å²) in [6.45, 7) is 0.351. The van der Waals surface area contributed by atoms with Crippen LogP contribution in [0.3, 0.4) is 0 Å². The Kier molecular flexibility index (Phi) is 42.3. The lowest BCUT2D eigenvalue weighted by Gasteiger charge is -1.78. The zero-order chi connectivity index (χ0) is 5.11. The monoisotopic (exact) mass is 187 g/mol. The molecule has 0 radical (unpaired) electrons. The average molecular weight is 187 g/mol. The van der Waals surface area contributed by atoms with E-state index >= 15 is 0 Å². The first-order valence-corrected chi connectivity index (χ1v) is 1.80. The van der Waals surface area contributed by atoms with Crippen molar-refractivity contribution in [1.82, 2.24) is 5.43 Å². The van der Waals surface area contributed by atoms with E-state index in [2.05, 4.69) is 15.8 Å². The van der Waals surface area contributed by atoms with Gasteiger partial charge in [-0.2, -0.15) is 5.11 Å². The van der Waals surface area contributed by atoms with Crippen LogP contribution in [0.2, 0.25) is 0 Å². The van der Waals surface area contributed by atoms with Crippen LogP contribution in [0.25, 0.3) is 0 Å². The van der Waals surface area contributed by atoms with E-state index in [0.717, 1.165) is 0 Å². The van der Waals surface area contributed by atoms with Crippen LogP contribution in [0.15, 0.2) is 16.0 Å². The summed E-state index contributed by atoms with van der Waals surface area (Å²) in [4.78, 5) is 9.66. The molecule has 0 unspecified atom stereocenters. The summed E-state index contributed by atoms with van der Waals surface area (Å²) in [6, 6.07) is 0. The molecule has 1 rings (SSSR count). The van der Waals surface area contributed by atoms with Crippen LogP contribution >= 0.6 is 0 Å². The third kappa shape index (κ3) is 8.65. The molecule has 11 N–H and O–H groups in total. The van der Waals surface area contributed by atoms with Crippen molar-refractivity contribution in [2.45, 2.75) is 0 Å². The first kappa shape index (κ1) is 31.1. The molecule has 76 valence electrons. The van der Waals surface area contributed by atoms with Gasteiger partial charge >= 0.3 is 0 Å². The quantitative estimate of drug-likeness (QED) is 0.371. The minimum absolute atomic E-state index is 0. The van der Waals surface area contributed by atoms with E-state index in [0.29, 0.717) is 12.2 Å². The molecule has 1 heterocycles. The van der Waals surface area contributed by atoms with Crippen molar-refractivity contribution in [3.05, 3.63) is 5.70 Å². The number of hydrogen-bond donors (Lipinski definition) is 1. The highest BCUT2D eigenvalue weighted by Crippen LogP contribution is 1.91. The number of hydrogen-bond acceptors (Lipinski definition) is 4. The Labute approximate surface area is 67.3 Å². The van der Waals surface area contributed by atoms with Gasteiger partial charge in [0, 0.05) is 0 Å². The van der Waals surface area contributed by atoms with Gasteiger partial charge < -0.3 is 27.4 Å². The van der Waals surface area contributed by atoms with Crippen LogP contribution in [-0.4, -0.2) is 39.9 Å². The maximum atomic E-state index is 9.66. The Bertz CT molecular complexity index is 142. The lowest BCUT2D eigenvalue weighted by molar-refractivity contribution is 0.565. The van der Waals surface area contributed by atoms with Crippen molar-refractivity contribution >= 4 is 5.94 Å². The minimum atomic E-state index is 0. The van der Waals surface area contributed by atoms with E-state index in [1.165, 1.54) is 0 Å². The second kappa shape index (κ2) is 16.3. The minimum Gasteiger partial charge on any atom is -0.412 e. The Morgan fingerprint density at radius 1 is 1.17 bits per heavy atom. The van der Waals surface area contributed by atoms with Crippen LogP contribution in [0.5, 0.6) is 0 Å². The highest BCUT2D eigenvalue weighted by Gasteiger charge is 1.98. The fourth-order valence-electron chi connectivity index (χ4n) is 0.292. The molecular formula is C3H13N3O6. The summed E-state index contributed by atoms with van der Waals surface area (Å²) in [6.07, 6.45) is 0. The van der Waals surface area contributed by atoms with E-state index in [4.69, 9.17) is 0 Å². The van der Waals surface area contributed by atoms with Crippen molar-refractivity contribution < 1.29 is 32.2 Å². The Hall–Kier alpha value is -1.35. The topological polar surface area (TPSA) is 211 Å². The number of rotatable bonds is 0. The van der Waals surface area contributed by atoms with Crippen molar-refractivity contribution in [1.29, 1.82) is 0 Å². The zero-order valence-electron chi connectivity index (χ0n) is 6.01. The first-order valence-electron chi connectivity index (χ1n) is 1.80. The standard InChI is InChI=1S/C3H3N3O.5H2O/c7-2-3-1-4-6-5-3;;;;;/h1H2,(H,4,5);5*1H2. The van der Waals surface area contributed by atoms with Gasteiger partial charge in [-0.05, 0) is 0 Å². The van der Waals surface area contributed by atoms with Gasteiger partial charge in [0.25, 0.3) is 0 Å². The van der Waals surface area contributed by atoms with E-state index in [9.17, 15) is 4.79 Å². The van der Waals surface area contributed by atoms with Crippen LogP contribution in [0.1, 0.15) is 0 Å². The molecule has 0 bridgehead atoms. The first-order chi connectivity index (χ1) is 3.43. The third-order valence-electron chi connectivity index (χ3n) is 0.608. The predicted molar refractivity (Wildman–Crippen MR) is 40.1 cm³/mol. The van der Waals surface area contributed by atoms with Crippen molar-refractivity contribution in [3.63, 3.8) is 0 Å². The van der Waals surface area contributed by atoms with Crippen LogP contribution in [0.4, 0.5) is 0 Å². The number of nitrogens with one attached hydrogen (secondary N) is 1. The van der Waals surface area contributed by atoms with Crippen LogP contribution in [-0.2, 0) is 4.79 Å². The van der Waals surface area contributed by atoms with Crippen LogP contribution in [0, 0.1) is 0 Å². The molecular weight excluding hydrogens is 174 g/mol. The second-order valence-electron chi connectivity index (χ2n) is 1.09. The molecule has 0 aromatic carbocycles. The van der Waals surface area contributed by atoms with Gasteiger partial charge in [-0.1, -0.05) is 5.22 Å². The van der Waals surface area contributed by atoms with Gasteiger partial charge in [0.15, 0.2) is 0 Å². The lowest BCUT2D eigenvalue weighted by atomic mass is 10.5. The van der Waals surface area contributed by atoms with E-state index in [1.54, 1.807) is 5.94 Å². The molecule has 0 saturated carbocycles. The lowest BCUT2D eigenvalue weighted by Crippen LogP contribution is -1.99. The normalized spacial score (nSPS) is 9.50. The van der Waals surface area contributed by atoms with E-state index in [-0.39, 0.29) is 27.4 Å². The predicted octanol–water partition coefficient (Wildman–Crippen LogP) is -4.45. The molecule has 0 aromatic heterocycles. The Morgan fingerprint density at radius 3 is 1.83 bits per heavy atom. The second-order valence-corrected chi connectivity index (χ2v) is 1.09. The zero-order valence-corrected chi connectivity index (χ0v) is 6.01. The number of nitrogens with zero attached hydrogens (tertiary/aromatic N) is 2. The van der Waals surface area contributed by atoms with Gasteiger partial charge in [-0.15, -0.1) is 0 Å². The summed E-state index contributed by atoms with van der Waals surface area (Å²) in [5.41, 5.74) is 2.76. The molecule has 0 saturated heterocycles. The van der Waals surface area contributed by atoms with Crippen LogP contribution < -0.4 is 5.43 Å². The molecule has 9 nitrogen and oxygen atoms in total. The fraction of sp³-hybridized carbons (Fsp3) is 0.333. The van der Waals surface area contributed by atoms with Gasteiger partial charge in [0.05, 0.1) is 0 Å². The molecule has 0 aromatic rings. The van der Waals surface area contributed by atoms with Gasteiger partial charge in [-0.25, -0.2) is 4.79 Å². The molecule has 0 fully saturated rings. The summed E-state index contributed by atoms with van der Waals surface area (Å²) in [7, 11) is 0. The van der Waals surface area contributed by atoms with Crippen molar-refractivity contribution in [2.24, 2.45) is 10.3 Å². The smallest absolute Gasteiger partial charge is 0.149 e. The van der Waals surface area contributed by atoms with Crippen molar-refractivity contribution in [2.75, 3.05) is 6.54 Å². The summed E-state index contributed by atoms with van der Waals surface area (Å²) >= 11 is 0. The molecule has 9 heteroatoms. The van der Waals surface area contributed by atoms with Gasteiger partial charge in [0.2, 0.25) is 0 Å². The fourth-order valence-corrected chi connectivity index (χ4v) is 0.292. The Balaban J connectivity index is -0.0000000327. The molecule has 0 spiro atoms. The largest absolute Gasteiger partial charge is 0.412 e. The molecule has 1 aliphatic heterocycles. The van der Waals surface area contributed by atoms with Gasteiger partial charge in [0.1, 0.15) is 18.2 Å². The van der Waals surface area contributed by atoms with E-state index < -0.39 is 0 Å². The third-order valence-corrected chi connectivity index (χ3v) is 0.608. The van der Waals surface area contributed by atoms with Gasteiger partial charge in [-0.3, -0.25) is 5.43 Å². The number of carbonyl (C=O) groups excluding carboxylic acids is 1. The van der Waals surface area contributed by atoms with Crippen molar-refractivity contribution in [3.8, 4) is 0 Å². The average Bonchev–Trinajstić information content (AvgIpc) is 2.14. The Morgan fingerprint density at radius 2 is 1.67 bits per heavy atom. The van der Waals surface area contributed by atoms with E-state index in [1.807, 2.05) is 0 Å². The molecule has 0 aliphatic carbocycles. The summed E-state index contributed by atoms with van der Waals surface area (Å²) in [5.74, 6) is 1.63. The molecule has 1 aliphatic rings. The summed E-state index contributed by atoms with van der Waals surface area (Å²) < 4.78 is 0. The molecule has 12 heavy (non-hydrogen) atoms. The maximum absolute atomic E-state index is 9.66. The maximum Gasteiger partial charge on any atom is 0.149 e. The highest BCUT2D eigenvalue weighted by molar-refractivity contribution is 5.52. The highest BCUT2D eigenvalue weighted by atomic mass is 16.1. The summed E-state index contributed by atoms with van der Waals surface area (Å²) in [5, 5.41) is 6.76.